The third kappa shape index (κ3) is 4.59. The molecule has 140 valence electrons. The molecule has 0 aliphatic carbocycles. The molecule has 27 heavy (non-hydrogen) atoms. The lowest BCUT2D eigenvalue weighted by Gasteiger charge is -2.11. The first-order valence-electron chi connectivity index (χ1n) is 7.43. The molecule has 3 rings (SSSR count). The summed E-state index contributed by atoms with van der Waals surface area (Å²) >= 11 is 5.82. The van der Waals surface area contributed by atoms with Crippen LogP contribution >= 0.6 is 11.6 Å². The van der Waals surface area contributed by atoms with E-state index in [2.05, 4.69) is 20.7 Å². The summed E-state index contributed by atoms with van der Waals surface area (Å²) in [6.07, 6.45) is -4.57. The minimum absolute atomic E-state index is 0.0525. The van der Waals surface area contributed by atoms with E-state index >= 15 is 0 Å². The molecule has 0 fully saturated rings. The molecule has 0 atom stereocenters. The lowest BCUT2D eigenvalue weighted by molar-refractivity contribution is -0.137. The van der Waals surface area contributed by atoms with Crippen molar-refractivity contribution in [1.82, 2.24) is 20.2 Å². The molecule has 2 aromatic carbocycles. The van der Waals surface area contributed by atoms with E-state index in [1.165, 1.54) is 18.2 Å². The average molecular weight is 400 g/mol. The molecule has 0 radical (unpaired) electrons. The number of aromatic nitrogens is 4. The quantitative estimate of drug-likeness (QED) is 0.677. The molecule has 6 nitrogen and oxygen atoms in total. The molecular formula is C16H10ClF4N5O. The Morgan fingerprint density at radius 1 is 1.19 bits per heavy atom. The third-order valence-corrected chi connectivity index (χ3v) is 3.72. The lowest BCUT2D eigenvalue weighted by atomic mass is 10.2. The van der Waals surface area contributed by atoms with Gasteiger partial charge in [-0.2, -0.15) is 18.0 Å². The Labute approximate surface area is 154 Å². The van der Waals surface area contributed by atoms with E-state index < -0.39 is 30.0 Å². The zero-order valence-corrected chi connectivity index (χ0v) is 14.1. The number of amides is 1. The van der Waals surface area contributed by atoms with E-state index in [0.29, 0.717) is 5.56 Å². The highest BCUT2D eigenvalue weighted by Crippen LogP contribution is 2.33. The number of rotatable bonds is 4. The summed E-state index contributed by atoms with van der Waals surface area (Å²) in [4.78, 5) is 13.0. The Balaban J connectivity index is 1.72. The lowest BCUT2D eigenvalue weighted by Crippen LogP contribution is -2.21. The normalized spacial score (nSPS) is 11.4. The first kappa shape index (κ1) is 18.8. The molecule has 11 heteroatoms. The topological polar surface area (TPSA) is 72.7 Å². The van der Waals surface area contributed by atoms with Crippen LogP contribution in [0.2, 0.25) is 5.02 Å². The zero-order valence-electron chi connectivity index (χ0n) is 13.3. The van der Waals surface area contributed by atoms with Crippen LogP contribution in [-0.4, -0.2) is 26.1 Å². The Morgan fingerprint density at radius 3 is 2.67 bits per heavy atom. The molecule has 0 aliphatic rings. The van der Waals surface area contributed by atoms with Crippen molar-refractivity contribution >= 4 is 23.2 Å². The molecule has 3 aromatic rings. The molecule has 0 spiro atoms. The van der Waals surface area contributed by atoms with Gasteiger partial charge in [-0.25, -0.2) is 4.39 Å². The molecule has 0 unspecified atom stereocenters. The predicted molar refractivity (Wildman–Crippen MR) is 88.3 cm³/mol. The number of nitrogens with zero attached hydrogens (tertiary/aromatic N) is 4. The smallest absolute Gasteiger partial charge is 0.323 e. The van der Waals surface area contributed by atoms with Gasteiger partial charge >= 0.3 is 6.18 Å². The van der Waals surface area contributed by atoms with Crippen LogP contribution in [0.3, 0.4) is 0 Å². The van der Waals surface area contributed by atoms with Crippen LogP contribution in [0.5, 0.6) is 0 Å². The molecule has 0 saturated carbocycles. The maximum atomic E-state index is 13.2. The van der Waals surface area contributed by atoms with Crippen molar-refractivity contribution in [1.29, 1.82) is 0 Å². The van der Waals surface area contributed by atoms with Gasteiger partial charge in [-0.1, -0.05) is 23.7 Å². The summed E-state index contributed by atoms with van der Waals surface area (Å²) in [5.41, 5.74) is -0.779. The number of carbonyl (C=O) groups is 1. The van der Waals surface area contributed by atoms with E-state index in [-0.39, 0.29) is 16.5 Å². The molecule has 1 amide bonds. The number of hydrogen-bond donors (Lipinski definition) is 1. The van der Waals surface area contributed by atoms with Gasteiger partial charge < -0.3 is 5.32 Å². The van der Waals surface area contributed by atoms with Gasteiger partial charge in [-0.3, -0.25) is 4.79 Å². The first-order valence-corrected chi connectivity index (χ1v) is 7.80. The molecule has 1 aromatic heterocycles. The average Bonchev–Trinajstić information content (AvgIpc) is 3.04. The fraction of sp³-hybridized carbons (Fsp3) is 0.125. The monoisotopic (exact) mass is 399 g/mol. The van der Waals surface area contributed by atoms with Gasteiger partial charge in [-0.05, 0) is 35.5 Å². The number of halogens is 5. The minimum Gasteiger partial charge on any atom is -0.323 e. The second kappa shape index (κ2) is 7.31. The van der Waals surface area contributed by atoms with Crippen LogP contribution in [0.4, 0.5) is 23.2 Å². The standard InChI is InChI=1S/C16H10ClF4N5O/c17-12-5-4-10(16(19,20)21)7-13(12)22-14(27)8-26-24-15(23-25-26)9-2-1-3-11(18)6-9/h1-7H,8H2,(H,22,27). The van der Waals surface area contributed by atoms with Crippen LogP contribution in [0.25, 0.3) is 11.4 Å². The minimum atomic E-state index is -4.57. The van der Waals surface area contributed by atoms with Crippen LogP contribution in [0.15, 0.2) is 42.5 Å². The summed E-state index contributed by atoms with van der Waals surface area (Å²) in [7, 11) is 0. The fourth-order valence-corrected chi connectivity index (χ4v) is 2.33. The number of carbonyl (C=O) groups excluding carboxylic acids is 1. The number of anilines is 1. The van der Waals surface area contributed by atoms with Crippen molar-refractivity contribution in [2.45, 2.75) is 12.7 Å². The highest BCUT2D eigenvalue weighted by Gasteiger charge is 2.31. The van der Waals surface area contributed by atoms with Crippen LogP contribution in [-0.2, 0) is 17.5 Å². The molecule has 1 N–H and O–H groups in total. The van der Waals surface area contributed by atoms with Gasteiger partial charge in [-0.15, -0.1) is 10.2 Å². The summed E-state index contributed by atoms with van der Waals surface area (Å²) < 4.78 is 51.5. The first-order chi connectivity index (χ1) is 12.7. The number of benzene rings is 2. The van der Waals surface area contributed by atoms with Gasteiger partial charge in [0.1, 0.15) is 12.4 Å². The maximum Gasteiger partial charge on any atom is 0.416 e. The van der Waals surface area contributed by atoms with Crippen molar-refractivity contribution in [3.05, 3.63) is 58.9 Å². The zero-order chi connectivity index (χ0) is 19.6. The van der Waals surface area contributed by atoms with Crippen molar-refractivity contribution in [3.8, 4) is 11.4 Å². The molecular weight excluding hydrogens is 390 g/mol. The summed E-state index contributed by atoms with van der Waals surface area (Å²) in [6.45, 7) is -0.422. The molecule has 0 aliphatic heterocycles. The number of alkyl halides is 3. The maximum absolute atomic E-state index is 13.2. The van der Waals surface area contributed by atoms with Gasteiger partial charge in [0.25, 0.3) is 0 Å². The van der Waals surface area contributed by atoms with E-state index in [1.54, 1.807) is 6.07 Å². The highest BCUT2D eigenvalue weighted by atomic mass is 35.5. The second-order valence-corrected chi connectivity index (χ2v) is 5.80. The summed E-state index contributed by atoms with van der Waals surface area (Å²) in [5.74, 6) is -1.10. The van der Waals surface area contributed by atoms with Gasteiger partial charge in [0.15, 0.2) is 0 Å². The van der Waals surface area contributed by atoms with Crippen LogP contribution < -0.4 is 5.32 Å². The predicted octanol–water partition coefficient (Wildman–Crippen LogP) is 3.79. The van der Waals surface area contributed by atoms with Crippen molar-refractivity contribution in [2.24, 2.45) is 0 Å². The Kier molecular flexibility index (Phi) is 5.08. The number of nitrogens with one attached hydrogen (secondary N) is 1. The highest BCUT2D eigenvalue weighted by molar-refractivity contribution is 6.33. The third-order valence-electron chi connectivity index (χ3n) is 3.39. The van der Waals surface area contributed by atoms with E-state index in [4.69, 9.17) is 11.6 Å². The number of hydrogen-bond acceptors (Lipinski definition) is 4. The van der Waals surface area contributed by atoms with E-state index in [0.717, 1.165) is 23.0 Å². The van der Waals surface area contributed by atoms with E-state index in [1.807, 2.05) is 0 Å². The van der Waals surface area contributed by atoms with E-state index in [9.17, 15) is 22.4 Å². The Morgan fingerprint density at radius 2 is 1.96 bits per heavy atom. The molecule has 1 heterocycles. The molecule has 0 bridgehead atoms. The van der Waals surface area contributed by atoms with Crippen LogP contribution in [0, 0.1) is 5.82 Å². The summed E-state index contributed by atoms with van der Waals surface area (Å²) in [6, 6.07) is 8.05. The summed E-state index contributed by atoms with van der Waals surface area (Å²) in [5, 5.41) is 13.5. The molecule has 0 saturated heterocycles. The Bertz CT molecular complexity index is 989. The second-order valence-electron chi connectivity index (χ2n) is 5.39. The van der Waals surface area contributed by atoms with Gasteiger partial charge in [0.2, 0.25) is 11.7 Å². The fourth-order valence-electron chi connectivity index (χ4n) is 2.17. The SMILES string of the molecule is O=C(Cn1nnc(-c2cccc(F)c2)n1)Nc1cc(C(F)(F)F)ccc1Cl. The van der Waals surface area contributed by atoms with Crippen molar-refractivity contribution in [2.75, 3.05) is 5.32 Å². The number of tetrazole rings is 1. The van der Waals surface area contributed by atoms with Gasteiger partial charge in [0.05, 0.1) is 16.3 Å². The Hall–Kier alpha value is -3.01. The van der Waals surface area contributed by atoms with Crippen molar-refractivity contribution in [3.63, 3.8) is 0 Å². The van der Waals surface area contributed by atoms with Crippen LogP contribution in [0.1, 0.15) is 5.56 Å². The largest absolute Gasteiger partial charge is 0.416 e. The van der Waals surface area contributed by atoms with Gasteiger partial charge in [0, 0.05) is 5.56 Å². The van der Waals surface area contributed by atoms with Crippen molar-refractivity contribution < 1.29 is 22.4 Å².